The van der Waals surface area contributed by atoms with Crippen LogP contribution in [0.3, 0.4) is 0 Å². The van der Waals surface area contributed by atoms with E-state index in [-0.39, 0.29) is 5.78 Å². The molecule has 4 nitrogen and oxygen atoms in total. The molecule has 1 heterocycles. The van der Waals surface area contributed by atoms with Crippen molar-refractivity contribution in [1.82, 2.24) is 0 Å². The third kappa shape index (κ3) is 2.92. The van der Waals surface area contributed by atoms with Gasteiger partial charge in [-0.05, 0) is 18.8 Å². The first-order valence-corrected chi connectivity index (χ1v) is 7.57. The molecule has 0 spiro atoms. The van der Waals surface area contributed by atoms with Gasteiger partial charge in [-0.15, -0.1) is 11.3 Å². The summed E-state index contributed by atoms with van der Waals surface area (Å²) in [6, 6.07) is 0. The minimum absolute atomic E-state index is 0.149. The Morgan fingerprint density at radius 1 is 1.53 bits per heavy atom. The Bertz CT molecular complexity index is 466. The molecule has 19 heavy (non-hydrogen) atoms. The van der Waals surface area contributed by atoms with Crippen LogP contribution in [0, 0.1) is 0 Å². The normalized spacial score (nSPS) is 14.7. The number of nitrogens with zero attached hydrogens (tertiary/aromatic N) is 1. The Morgan fingerprint density at radius 2 is 2.21 bits per heavy atom. The van der Waals surface area contributed by atoms with Gasteiger partial charge >= 0.3 is 0 Å². The molecule has 0 atom stereocenters. The third-order valence-corrected chi connectivity index (χ3v) is 4.88. The fourth-order valence-corrected chi connectivity index (χ4v) is 3.50. The first-order chi connectivity index (χ1) is 9.10. The van der Waals surface area contributed by atoms with Crippen LogP contribution in [0.5, 0.6) is 0 Å². The quantitative estimate of drug-likeness (QED) is 0.781. The number of anilines is 2. The van der Waals surface area contributed by atoms with Crippen LogP contribution in [0.1, 0.15) is 47.3 Å². The van der Waals surface area contributed by atoms with E-state index >= 15 is 0 Å². The molecule has 1 fully saturated rings. The van der Waals surface area contributed by atoms with E-state index in [0.717, 1.165) is 22.1 Å². The molecule has 2 rings (SSSR count). The lowest BCUT2D eigenvalue weighted by atomic mass is 10.1. The summed E-state index contributed by atoms with van der Waals surface area (Å²) in [5, 5.41) is 1.15. The van der Waals surface area contributed by atoms with Gasteiger partial charge in [0, 0.05) is 32.7 Å². The number of methoxy groups -OCH3 is 1. The van der Waals surface area contributed by atoms with Gasteiger partial charge in [0.25, 0.3) is 0 Å². The zero-order valence-corrected chi connectivity index (χ0v) is 12.7. The molecule has 2 N–H and O–H groups in total. The Morgan fingerprint density at radius 3 is 2.74 bits per heavy atom. The van der Waals surface area contributed by atoms with Crippen molar-refractivity contribution in [2.45, 2.75) is 32.1 Å². The summed E-state index contributed by atoms with van der Waals surface area (Å²) in [6.07, 6.45) is 2.88. The smallest absolute Gasteiger partial charge is 0.174 e. The van der Waals surface area contributed by atoms with Crippen LogP contribution in [0.15, 0.2) is 0 Å². The van der Waals surface area contributed by atoms with E-state index in [1.807, 2.05) is 14.0 Å². The maximum atomic E-state index is 12.0. The van der Waals surface area contributed by atoms with Crippen molar-refractivity contribution in [1.29, 1.82) is 0 Å². The molecule has 106 valence electrons. The van der Waals surface area contributed by atoms with Crippen LogP contribution in [-0.4, -0.2) is 33.1 Å². The minimum atomic E-state index is 0.149. The monoisotopic (exact) mass is 282 g/mol. The number of Topliss-reactive ketones (excluding diaryl/α,β-unsaturated/α-hetero) is 1. The van der Waals surface area contributed by atoms with Gasteiger partial charge in [-0.3, -0.25) is 4.79 Å². The van der Waals surface area contributed by atoms with Crippen molar-refractivity contribution in [3.8, 4) is 0 Å². The van der Waals surface area contributed by atoms with Gasteiger partial charge < -0.3 is 15.4 Å². The number of hydrogen-bond donors (Lipinski definition) is 1. The number of thiophene rings is 1. The predicted molar refractivity (Wildman–Crippen MR) is 80.5 cm³/mol. The molecule has 0 amide bonds. The predicted octanol–water partition coefficient (Wildman–Crippen LogP) is 2.88. The second kappa shape index (κ2) is 5.92. The van der Waals surface area contributed by atoms with Crippen LogP contribution in [0.2, 0.25) is 0 Å². The van der Waals surface area contributed by atoms with E-state index < -0.39 is 0 Å². The number of ether oxygens (including phenoxy) is 1. The summed E-state index contributed by atoms with van der Waals surface area (Å²) >= 11 is 1.54. The lowest BCUT2D eigenvalue weighted by Gasteiger charge is -2.18. The van der Waals surface area contributed by atoms with Crippen LogP contribution in [-0.2, 0) is 4.74 Å². The fraction of sp³-hybridized carbons (Fsp3) is 0.643. The highest BCUT2D eigenvalue weighted by Crippen LogP contribution is 2.51. The van der Waals surface area contributed by atoms with Crippen molar-refractivity contribution in [3.05, 3.63) is 10.4 Å². The average molecular weight is 282 g/mol. The highest BCUT2D eigenvalue weighted by atomic mass is 32.1. The van der Waals surface area contributed by atoms with Crippen LogP contribution >= 0.6 is 11.3 Å². The van der Waals surface area contributed by atoms with Crippen LogP contribution in [0.25, 0.3) is 0 Å². The van der Waals surface area contributed by atoms with E-state index in [4.69, 9.17) is 10.5 Å². The maximum Gasteiger partial charge on any atom is 0.174 e. The molecule has 0 aromatic carbocycles. The van der Waals surface area contributed by atoms with Crippen LogP contribution < -0.4 is 10.6 Å². The molecule has 5 heteroatoms. The number of carbonyl (C=O) groups excluding carboxylic acids is 1. The van der Waals surface area contributed by atoms with Gasteiger partial charge in [0.05, 0.1) is 22.2 Å². The molecular weight excluding hydrogens is 260 g/mol. The molecule has 1 aromatic rings. The average Bonchev–Trinajstić information content (AvgIpc) is 3.18. The summed E-state index contributed by atoms with van der Waals surface area (Å²) < 4.78 is 5.12. The minimum Gasteiger partial charge on any atom is -0.397 e. The van der Waals surface area contributed by atoms with Crippen molar-refractivity contribution in [2.75, 3.05) is 37.9 Å². The van der Waals surface area contributed by atoms with E-state index in [0.29, 0.717) is 18.9 Å². The Labute approximate surface area is 118 Å². The molecule has 0 radical (unpaired) electrons. The number of nitrogen functional groups attached to an aromatic ring is 1. The highest BCUT2D eigenvalue weighted by Gasteiger charge is 2.33. The second-order valence-corrected chi connectivity index (χ2v) is 6.03. The number of hydrogen-bond acceptors (Lipinski definition) is 5. The van der Waals surface area contributed by atoms with Crippen molar-refractivity contribution >= 4 is 27.8 Å². The van der Waals surface area contributed by atoms with E-state index in [1.54, 1.807) is 18.4 Å². The second-order valence-electron chi connectivity index (χ2n) is 5.03. The highest BCUT2D eigenvalue weighted by molar-refractivity contribution is 7.18. The number of likely N-dealkylation sites (N-methyl/N-ethyl adjacent to an activating group) is 1. The molecule has 1 aromatic heterocycles. The molecule has 0 saturated heterocycles. The summed E-state index contributed by atoms with van der Waals surface area (Å²) in [4.78, 5) is 14.9. The molecule has 0 unspecified atom stereocenters. The number of carbonyl (C=O) groups is 1. The van der Waals surface area contributed by atoms with Crippen molar-refractivity contribution < 1.29 is 9.53 Å². The zero-order valence-electron chi connectivity index (χ0n) is 11.9. The standard InChI is InChI=1S/C14H22N2O2S/c1-4-10(17)13-12(15)11(9-5-6-9)14(19-13)16(2)7-8-18-3/h9H,4-8,15H2,1-3H3. The molecule has 0 aliphatic heterocycles. The largest absolute Gasteiger partial charge is 0.397 e. The van der Waals surface area contributed by atoms with Gasteiger partial charge in [-0.25, -0.2) is 0 Å². The van der Waals surface area contributed by atoms with E-state index in [2.05, 4.69) is 4.90 Å². The van der Waals surface area contributed by atoms with E-state index in [1.165, 1.54) is 18.4 Å². The number of ketones is 1. The lowest BCUT2D eigenvalue weighted by molar-refractivity contribution is 0.0993. The first-order valence-electron chi connectivity index (χ1n) is 6.75. The molecule has 1 saturated carbocycles. The van der Waals surface area contributed by atoms with Crippen molar-refractivity contribution in [2.24, 2.45) is 0 Å². The fourth-order valence-electron chi connectivity index (χ4n) is 2.19. The lowest BCUT2D eigenvalue weighted by Crippen LogP contribution is -2.22. The zero-order chi connectivity index (χ0) is 14.0. The summed E-state index contributed by atoms with van der Waals surface area (Å²) in [5.74, 6) is 0.699. The Kier molecular flexibility index (Phi) is 4.47. The topological polar surface area (TPSA) is 55.6 Å². The summed E-state index contributed by atoms with van der Waals surface area (Å²) in [5.41, 5.74) is 8.14. The Balaban J connectivity index is 2.33. The third-order valence-electron chi connectivity index (χ3n) is 3.50. The SMILES string of the molecule is CCC(=O)c1sc(N(C)CCOC)c(C2CC2)c1N. The van der Waals surface area contributed by atoms with Gasteiger partial charge in [0.2, 0.25) is 0 Å². The van der Waals surface area contributed by atoms with Gasteiger partial charge in [0.15, 0.2) is 5.78 Å². The van der Waals surface area contributed by atoms with Gasteiger partial charge in [-0.2, -0.15) is 0 Å². The Hall–Kier alpha value is -1.07. The van der Waals surface area contributed by atoms with E-state index in [9.17, 15) is 4.79 Å². The first kappa shape index (κ1) is 14.3. The van der Waals surface area contributed by atoms with Crippen LogP contribution in [0.4, 0.5) is 10.7 Å². The van der Waals surface area contributed by atoms with Crippen molar-refractivity contribution in [3.63, 3.8) is 0 Å². The maximum absolute atomic E-state index is 12.0. The van der Waals surface area contributed by atoms with Gasteiger partial charge in [-0.1, -0.05) is 6.92 Å². The van der Waals surface area contributed by atoms with Gasteiger partial charge in [0.1, 0.15) is 0 Å². The molecule has 1 aliphatic rings. The summed E-state index contributed by atoms with van der Waals surface area (Å²) in [7, 11) is 3.74. The molecule has 0 bridgehead atoms. The summed E-state index contributed by atoms with van der Waals surface area (Å²) in [6.45, 7) is 3.37. The number of rotatable bonds is 7. The molecule has 1 aliphatic carbocycles. The molecular formula is C14H22N2O2S. The number of nitrogens with two attached hydrogens (primary N) is 1.